The third-order valence-electron chi connectivity index (χ3n) is 4.16. The number of phenols is 1. The molecular weight excluding hydrogens is 300 g/mol. The molecule has 0 aliphatic carbocycles. The predicted molar refractivity (Wildman–Crippen MR) is 82.6 cm³/mol. The number of benzene rings is 1. The summed E-state index contributed by atoms with van der Waals surface area (Å²) in [6.07, 6.45) is 2.36. The molecule has 0 unspecified atom stereocenters. The lowest BCUT2D eigenvalue weighted by Gasteiger charge is -2.32. The van der Waals surface area contributed by atoms with Gasteiger partial charge in [-0.05, 0) is 43.4 Å². The van der Waals surface area contributed by atoms with Gasteiger partial charge in [-0.15, -0.1) is 0 Å². The van der Waals surface area contributed by atoms with Gasteiger partial charge >= 0.3 is 0 Å². The summed E-state index contributed by atoms with van der Waals surface area (Å²) in [5, 5.41) is 28.1. The summed E-state index contributed by atoms with van der Waals surface area (Å²) in [5.74, 6) is -0.612. The number of phenolic OH excluding ortho intramolecular Hbond substituents is 1. The number of aliphatic hydroxyl groups excluding tert-OH is 1. The number of aromatic hydroxyl groups is 1. The first-order valence-electron chi connectivity index (χ1n) is 7.87. The summed E-state index contributed by atoms with van der Waals surface area (Å²) in [4.78, 5) is 19.1. The molecule has 1 fully saturated rings. The number of carbonyl (C=O) groups is 1. The van der Waals surface area contributed by atoms with E-state index < -0.39 is 12.0 Å². The number of hydrogen-bond donors (Lipinski definition) is 4. The van der Waals surface area contributed by atoms with Crippen LogP contribution in [0.2, 0.25) is 0 Å². The lowest BCUT2D eigenvalue weighted by Crippen LogP contribution is -2.45. The molecule has 2 rings (SSSR count). The zero-order chi connectivity index (χ0) is 16.7. The molecule has 0 bridgehead atoms. The number of carbonyl (C=O) groups excluding carboxylic acids is 1. The Kier molecular flexibility index (Phi) is 6.79. The minimum absolute atomic E-state index is 0.105. The Morgan fingerprint density at radius 3 is 2.48 bits per heavy atom. The van der Waals surface area contributed by atoms with Crippen molar-refractivity contribution in [1.29, 1.82) is 0 Å². The molecule has 1 saturated heterocycles. The Balaban J connectivity index is 2.09. The van der Waals surface area contributed by atoms with Gasteiger partial charge in [-0.1, -0.05) is 17.8 Å². The number of piperidine rings is 1. The number of likely N-dealkylation sites (tertiary alicyclic amines) is 1. The van der Waals surface area contributed by atoms with E-state index in [2.05, 4.69) is 4.84 Å². The van der Waals surface area contributed by atoms with E-state index in [0.29, 0.717) is 19.5 Å². The number of nitrogens with one attached hydrogen (secondary N) is 1. The first kappa shape index (κ1) is 17.7. The molecule has 1 amide bonds. The fraction of sp³-hybridized carbons (Fsp3) is 0.562. The van der Waals surface area contributed by atoms with Gasteiger partial charge in [0.2, 0.25) is 5.91 Å². The first-order chi connectivity index (χ1) is 11.1. The van der Waals surface area contributed by atoms with Gasteiger partial charge in [0.25, 0.3) is 0 Å². The van der Waals surface area contributed by atoms with Gasteiger partial charge in [0, 0.05) is 13.1 Å². The highest BCUT2D eigenvalue weighted by Gasteiger charge is 2.31. The second-order valence-electron chi connectivity index (χ2n) is 5.83. The first-order valence-corrected chi connectivity index (χ1v) is 7.87. The molecular formula is C16H24N2O5. The van der Waals surface area contributed by atoms with Crippen LogP contribution in [0.5, 0.6) is 5.75 Å². The van der Waals surface area contributed by atoms with E-state index in [1.165, 1.54) is 5.64 Å². The summed E-state index contributed by atoms with van der Waals surface area (Å²) in [6.45, 7) is 1.21. The molecule has 1 aromatic rings. The number of nitrogens with zero attached hydrogens (tertiary/aromatic N) is 1. The minimum Gasteiger partial charge on any atom is -0.508 e. The van der Waals surface area contributed by atoms with Crippen LogP contribution in [0.15, 0.2) is 24.3 Å². The second kappa shape index (κ2) is 8.83. The Bertz CT molecular complexity index is 488. The number of aliphatic hydroxyl groups is 1. The monoisotopic (exact) mass is 324 g/mol. The normalized spacial score (nSPS) is 17.7. The largest absolute Gasteiger partial charge is 0.508 e. The maximum Gasteiger partial charge on any atom is 0.228 e. The van der Waals surface area contributed by atoms with E-state index in [-0.39, 0.29) is 18.3 Å². The Labute approximate surface area is 135 Å². The topological polar surface area (TPSA) is 102 Å². The third kappa shape index (κ3) is 5.18. The summed E-state index contributed by atoms with van der Waals surface area (Å²) < 4.78 is 0. The second-order valence-corrected chi connectivity index (χ2v) is 5.83. The lowest BCUT2D eigenvalue weighted by atomic mass is 9.92. The van der Waals surface area contributed by atoms with Gasteiger partial charge in [0.05, 0.1) is 18.6 Å². The third-order valence-corrected chi connectivity index (χ3v) is 4.16. The van der Waals surface area contributed by atoms with Crippen molar-refractivity contribution in [1.82, 2.24) is 10.5 Å². The van der Waals surface area contributed by atoms with Gasteiger partial charge in [0.1, 0.15) is 5.75 Å². The van der Waals surface area contributed by atoms with Crippen LogP contribution in [-0.4, -0.2) is 52.0 Å². The van der Waals surface area contributed by atoms with Gasteiger partial charge in [-0.2, -0.15) is 0 Å². The fourth-order valence-corrected chi connectivity index (χ4v) is 2.86. The molecule has 128 valence electrons. The summed E-state index contributed by atoms with van der Waals surface area (Å²) in [7, 11) is 0. The molecule has 1 aliphatic rings. The van der Waals surface area contributed by atoms with Crippen LogP contribution in [0.3, 0.4) is 0 Å². The van der Waals surface area contributed by atoms with Crippen molar-refractivity contribution < 1.29 is 25.1 Å². The molecule has 1 aromatic carbocycles. The molecule has 1 heterocycles. The SMILES string of the molecule is O=C([C@H](Cc1ccc(O)cc1)[C@H](O)CONO)N1CCCCC1. The van der Waals surface area contributed by atoms with E-state index in [4.69, 9.17) is 5.21 Å². The number of amides is 1. The van der Waals surface area contributed by atoms with Crippen LogP contribution < -0.4 is 5.64 Å². The van der Waals surface area contributed by atoms with Crippen molar-refractivity contribution >= 4 is 5.91 Å². The maximum atomic E-state index is 12.8. The highest BCUT2D eigenvalue weighted by molar-refractivity contribution is 5.80. The molecule has 7 nitrogen and oxygen atoms in total. The Morgan fingerprint density at radius 1 is 1.22 bits per heavy atom. The standard InChI is InChI=1S/C16H24N2O5/c19-13-6-4-12(5-7-13)10-14(15(20)11-23-17-22)16(21)18-8-2-1-3-9-18/h4-7,14-15,17,19-20,22H,1-3,8-11H2/t14-,15-/m1/s1. The van der Waals surface area contributed by atoms with Crippen LogP contribution >= 0.6 is 0 Å². The molecule has 0 radical (unpaired) electrons. The van der Waals surface area contributed by atoms with Crippen molar-refractivity contribution in [3.8, 4) is 5.75 Å². The maximum absolute atomic E-state index is 12.8. The predicted octanol–water partition coefficient (Wildman–Crippen LogP) is 0.835. The minimum atomic E-state index is -1.04. The zero-order valence-electron chi connectivity index (χ0n) is 13.0. The quantitative estimate of drug-likeness (QED) is 0.554. The van der Waals surface area contributed by atoms with Gasteiger partial charge < -0.3 is 15.1 Å². The molecule has 7 heteroatoms. The highest BCUT2D eigenvalue weighted by Crippen LogP contribution is 2.20. The van der Waals surface area contributed by atoms with Crippen LogP contribution in [0.25, 0.3) is 0 Å². The van der Waals surface area contributed by atoms with E-state index in [9.17, 15) is 15.0 Å². The molecule has 23 heavy (non-hydrogen) atoms. The van der Waals surface area contributed by atoms with E-state index >= 15 is 0 Å². The zero-order valence-corrected chi connectivity index (χ0v) is 13.0. The summed E-state index contributed by atoms with van der Waals surface area (Å²) in [5.41, 5.74) is 2.37. The van der Waals surface area contributed by atoms with Crippen molar-refractivity contribution in [2.45, 2.75) is 31.8 Å². The van der Waals surface area contributed by atoms with E-state index in [1.807, 2.05) is 0 Å². The van der Waals surface area contributed by atoms with E-state index in [0.717, 1.165) is 24.8 Å². The van der Waals surface area contributed by atoms with Crippen molar-refractivity contribution in [2.75, 3.05) is 19.7 Å². The summed E-state index contributed by atoms with van der Waals surface area (Å²) >= 11 is 0. The Morgan fingerprint density at radius 2 is 1.87 bits per heavy atom. The van der Waals surface area contributed by atoms with E-state index in [1.54, 1.807) is 29.2 Å². The van der Waals surface area contributed by atoms with Crippen molar-refractivity contribution in [3.05, 3.63) is 29.8 Å². The molecule has 4 N–H and O–H groups in total. The van der Waals surface area contributed by atoms with Crippen LogP contribution in [0, 0.1) is 5.92 Å². The van der Waals surface area contributed by atoms with Crippen molar-refractivity contribution in [2.24, 2.45) is 5.92 Å². The molecule has 2 atom stereocenters. The van der Waals surface area contributed by atoms with Gasteiger partial charge in [-0.25, -0.2) is 0 Å². The smallest absolute Gasteiger partial charge is 0.228 e. The molecule has 0 spiro atoms. The number of rotatable bonds is 7. The van der Waals surface area contributed by atoms with Crippen molar-refractivity contribution in [3.63, 3.8) is 0 Å². The highest BCUT2D eigenvalue weighted by atomic mass is 16.8. The molecule has 0 saturated carbocycles. The van der Waals surface area contributed by atoms with Gasteiger partial charge in [0.15, 0.2) is 0 Å². The molecule has 1 aliphatic heterocycles. The average Bonchev–Trinajstić information content (AvgIpc) is 2.59. The van der Waals surface area contributed by atoms with Crippen LogP contribution in [-0.2, 0) is 16.1 Å². The lowest BCUT2D eigenvalue weighted by molar-refractivity contribution is -0.162. The number of hydrogen-bond acceptors (Lipinski definition) is 6. The fourth-order valence-electron chi connectivity index (χ4n) is 2.86. The van der Waals surface area contributed by atoms with Crippen LogP contribution in [0.4, 0.5) is 0 Å². The van der Waals surface area contributed by atoms with Crippen LogP contribution in [0.1, 0.15) is 24.8 Å². The average molecular weight is 324 g/mol. The van der Waals surface area contributed by atoms with Gasteiger partial charge in [-0.3, -0.25) is 14.8 Å². The summed E-state index contributed by atoms with van der Waals surface area (Å²) in [6, 6.07) is 6.55. The molecule has 0 aromatic heterocycles. The Hall–Kier alpha value is -1.67.